The zero-order valence-corrected chi connectivity index (χ0v) is 14.0. The number of aromatic nitrogens is 1. The Labute approximate surface area is 141 Å². The first kappa shape index (κ1) is 17.6. The Balaban J connectivity index is 1.88. The maximum atomic E-state index is 11.9. The fourth-order valence-corrected chi connectivity index (χ4v) is 2.14. The summed E-state index contributed by atoms with van der Waals surface area (Å²) in [5.74, 6) is 1.38. The van der Waals surface area contributed by atoms with Crippen molar-refractivity contribution in [3.63, 3.8) is 0 Å². The number of para-hydroxylation sites is 1. The third-order valence-corrected chi connectivity index (χ3v) is 3.42. The largest absolute Gasteiger partial charge is 0.496 e. The molecule has 2 amide bonds. The van der Waals surface area contributed by atoms with Gasteiger partial charge < -0.3 is 25.4 Å². The number of aliphatic hydroxyl groups excluding tert-OH is 1. The van der Waals surface area contributed by atoms with Gasteiger partial charge in [0.2, 0.25) is 0 Å². The summed E-state index contributed by atoms with van der Waals surface area (Å²) < 4.78 is 5.20. The number of nitrogens with zero attached hydrogens (tertiary/aromatic N) is 2. The third-order valence-electron chi connectivity index (χ3n) is 3.42. The number of methoxy groups -OCH3 is 1. The Morgan fingerprint density at radius 3 is 2.67 bits per heavy atom. The van der Waals surface area contributed by atoms with Gasteiger partial charge in [-0.1, -0.05) is 18.2 Å². The molecule has 0 saturated carbocycles. The smallest absolute Gasteiger partial charge is 0.319 e. The molecule has 128 valence electrons. The summed E-state index contributed by atoms with van der Waals surface area (Å²) in [5.41, 5.74) is 1.20. The number of hydrogen-bond donors (Lipinski definition) is 3. The Morgan fingerprint density at radius 1 is 1.29 bits per heavy atom. The van der Waals surface area contributed by atoms with Crippen LogP contribution in [0.5, 0.6) is 5.75 Å². The van der Waals surface area contributed by atoms with E-state index in [9.17, 15) is 9.90 Å². The Hall–Kier alpha value is -2.80. The molecule has 0 bridgehead atoms. The zero-order chi connectivity index (χ0) is 17.5. The van der Waals surface area contributed by atoms with E-state index < -0.39 is 12.1 Å². The van der Waals surface area contributed by atoms with Gasteiger partial charge in [0, 0.05) is 26.2 Å². The molecule has 24 heavy (non-hydrogen) atoms. The molecule has 2 rings (SSSR count). The normalized spacial score (nSPS) is 11.5. The van der Waals surface area contributed by atoms with Gasteiger partial charge in [0.05, 0.1) is 25.1 Å². The summed E-state index contributed by atoms with van der Waals surface area (Å²) in [6, 6.07) is 10.3. The number of rotatable bonds is 6. The van der Waals surface area contributed by atoms with E-state index in [-0.39, 0.29) is 6.54 Å². The van der Waals surface area contributed by atoms with Crippen molar-refractivity contribution < 1.29 is 14.6 Å². The second kappa shape index (κ2) is 8.16. The molecule has 0 fully saturated rings. The molecule has 1 heterocycles. The highest BCUT2D eigenvalue weighted by Gasteiger charge is 2.13. The van der Waals surface area contributed by atoms with Crippen molar-refractivity contribution in [2.24, 2.45) is 0 Å². The minimum Gasteiger partial charge on any atom is -0.496 e. The number of urea groups is 1. The monoisotopic (exact) mass is 330 g/mol. The summed E-state index contributed by atoms with van der Waals surface area (Å²) in [6.45, 7) is 0.0649. The summed E-state index contributed by atoms with van der Waals surface area (Å²) >= 11 is 0. The minimum absolute atomic E-state index is 0.0649. The molecule has 1 unspecified atom stereocenters. The van der Waals surface area contributed by atoms with Crippen LogP contribution < -0.4 is 20.3 Å². The zero-order valence-electron chi connectivity index (χ0n) is 14.0. The Morgan fingerprint density at radius 2 is 2.04 bits per heavy atom. The molecule has 7 heteroatoms. The molecule has 0 aliphatic rings. The average molecular weight is 330 g/mol. The molecule has 7 nitrogen and oxygen atoms in total. The van der Waals surface area contributed by atoms with Crippen molar-refractivity contribution in [2.45, 2.75) is 6.10 Å². The van der Waals surface area contributed by atoms with Crippen LogP contribution in [-0.2, 0) is 0 Å². The van der Waals surface area contributed by atoms with Crippen LogP contribution >= 0.6 is 0 Å². The molecule has 1 aromatic carbocycles. The van der Waals surface area contributed by atoms with E-state index in [0.29, 0.717) is 17.0 Å². The number of aliphatic hydroxyl groups is 1. The highest BCUT2D eigenvalue weighted by Crippen LogP contribution is 2.24. The van der Waals surface area contributed by atoms with Crippen molar-refractivity contribution in [3.05, 3.63) is 48.2 Å². The van der Waals surface area contributed by atoms with Crippen molar-refractivity contribution >= 4 is 17.5 Å². The van der Waals surface area contributed by atoms with Crippen molar-refractivity contribution in [3.8, 4) is 5.75 Å². The van der Waals surface area contributed by atoms with Crippen LogP contribution in [0.1, 0.15) is 11.7 Å². The number of nitrogens with one attached hydrogen (secondary N) is 2. The van der Waals surface area contributed by atoms with Crippen LogP contribution in [0.2, 0.25) is 0 Å². The SMILES string of the molecule is COc1ccccc1C(O)CNC(=O)Nc1ccc(N(C)C)nc1. The molecule has 2 aromatic rings. The molecule has 0 spiro atoms. The van der Waals surface area contributed by atoms with E-state index in [4.69, 9.17) is 4.74 Å². The first-order valence-corrected chi connectivity index (χ1v) is 7.50. The van der Waals surface area contributed by atoms with Gasteiger partial charge in [0.25, 0.3) is 0 Å². The summed E-state index contributed by atoms with van der Waals surface area (Å²) in [6.07, 6.45) is 0.715. The number of ether oxygens (including phenoxy) is 1. The fraction of sp³-hybridized carbons (Fsp3) is 0.294. The predicted octanol–water partition coefficient (Wildman–Crippen LogP) is 2.01. The summed E-state index contributed by atoms with van der Waals surface area (Å²) in [7, 11) is 5.32. The second-order valence-electron chi connectivity index (χ2n) is 5.39. The number of amides is 2. The summed E-state index contributed by atoms with van der Waals surface area (Å²) in [5, 5.41) is 15.5. The third kappa shape index (κ3) is 4.60. The average Bonchev–Trinajstić information content (AvgIpc) is 2.60. The van der Waals surface area contributed by atoms with Gasteiger partial charge in [-0.05, 0) is 18.2 Å². The molecular weight excluding hydrogens is 308 g/mol. The van der Waals surface area contributed by atoms with Crippen LogP contribution in [0.25, 0.3) is 0 Å². The number of carbonyl (C=O) groups excluding carboxylic acids is 1. The van der Waals surface area contributed by atoms with Crippen LogP contribution in [0.3, 0.4) is 0 Å². The molecule has 0 radical (unpaired) electrons. The van der Waals surface area contributed by atoms with E-state index in [1.54, 1.807) is 36.5 Å². The predicted molar refractivity (Wildman–Crippen MR) is 93.5 cm³/mol. The van der Waals surface area contributed by atoms with E-state index in [1.165, 1.54) is 7.11 Å². The Bertz CT molecular complexity index is 674. The lowest BCUT2D eigenvalue weighted by Crippen LogP contribution is -2.32. The molecule has 3 N–H and O–H groups in total. The molecule has 0 aliphatic carbocycles. The molecule has 1 atom stereocenters. The highest BCUT2D eigenvalue weighted by molar-refractivity contribution is 5.89. The van der Waals surface area contributed by atoms with Gasteiger partial charge in [-0.15, -0.1) is 0 Å². The maximum Gasteiger partial charge on any atom is 0.319 e. The molecular formula is C17H22N4O3. The van der Waals surface area contributed by atoms with Crippen molar-refractivity contribution in [2.75, 3.05) is 38.0 Å². The first-order chi connectivity index (χ1) is 11.5. The second-order valence-corrected chi connectivity index (χ2v) is 5.39. The lowest BCUT2D eigenvalue weighted by molar-refractivity contribution is 0.171. The van der Waals surface area contributed by atoms with Gasteiger partial charge in [-0.2, -0.15) is 0 Å². The number of benzene rings is 1. The van der Waals surface area contributed by atoms with Gasteiger partial charge in [0.15, 0.2) is 0 Å². The Kier molecular flexibility index (Phi) is 5.97. The number of carbonyl (C=O) groups is 1. The van der Waals surface area contributed by atoms with E-state index in [2.05, 4.69) is 15.6 Å². The fourth-order valence-electron chi connectivity index (χ4n) is 2.14. The highest BCUT2D eigenvalue weighted by atomic mass is 16.5. The lowest BCUT2D eigenvalue weighted by Gasteiger charge is -2.16. The van der Waals surface area contributed by atoms with Gasteiger partial charge >= 0.3 is 6.03 Å². The maximum absolute atomic E-state index is 11.9. The van der Waals surface area contributed by atoms with Crippen molar-refractivity contribution in [1.82, 2.24) is 10.3 Å². The van der Waals surface area contributed by atoms with Crippen molar-refractivity contribution in [1.29, 1.82) is 0 Å². The summed E-state index contributed by atoms with van der Waals surface area (Å²) in [4.78, 5) is 18.0. The van der Waals surface area contributed by atoms with Gasteiger partial charge in [-0.3, -0.25) is 0 Å². The van der Waals surface area contributed by atoms with E-state index in [1.807, 2.05) is 25.1 Å². The van der Waals surface area contributed by atoms with Gasteiger partial charge in [-0.25, -0.2) is 9.78 Å². The van der Waals surface area contributed by atoms with Crippen LogP contribution in [0.4, 0.5) is 16.3 Å². The van der Waals surface area contributed by atoms with E-state index >= 15 is 0 Å². The first-order valence-electron chi connectivity index (χ1n) is 7.50. The number of pyridine rings is 1. The lowest BCUT2D eigenvalue weighted by atomic mass is 10.1. The topological polar surface area (TPSA) is 86.7 Å². The molecule has 1 aromatic heterocycles. The number of anilines is 2. The van der Waals surface area contributed by atoms with Crippen LogP contribution in [0, 0.1) is 0 Å². The van der Waals surface area contributed by atoms with E-state index in [0.717, 1.165) is 5.82 Å². The molecule has 0 saturated heterocycles. The van der Waals surface area contributed by atoms with Crippen LogP contribution in [0.15, 0.2) is 42.6 Å². The standard InChI is InChI=1S/C17H22N4O3/c1-21(2)16-9-8-12(10-18-16)20-17(23)19-11-14(22)13-6-4-5-7-15(13)24-3/h4-10,14,22H,11H2,1-3H3,(H2,19,20,23). The number of hydrogen-bond acceptors (Lipinski definition) is 5. The minimum atomic E-state index is -0.860. The van der Waals surface area contributed by atoms with Gasteiger partial charge in [0.1, 0.15) is 11.6 Å². The van der Waals surface area contributed by atoms with Crippen LogP contribution in [-0.4, -0.2) is 43.9 Å². The molecule has 0 aliphatic heterocycles. The quantitative estimate of drug-likeness (QED) is 0.754.